The van der Waals surface area contributed by atoms with Crippen LogP contribution in [0.5, 0.6) is 0 Å². The summed E-state index contributed by atoms with van der Waals surface area (Å²) >= 11 is 0. The third kappa shape index (κ3) is 1.52. The summed E-state index contributed by atoms with van der Waals surface area (Å²) in [7, 11) is 0. The molecule has 0 saturated heterocycles. The first-order chi connectivity index (χ1) is 10.9. The lowest BCUT2D eigenvalue weighted by atomic mass is 9.90. The summed E-state index contributed by atoms with van der Waals surface area (Å²) in [5, 5.41) is 8.07. The summed E-state index contributed by atoms with van der Waals surface area (Å²) in [5.74, 6) is 0. The summed E-state index contributed by atoms with van der Waals surface area (Å²) in [6.45, 7) is 0. The summed E-state index contributed by atoms with van der Waals surface area (Å²) < 4.78 is 0. The van der Waals surface area contributed by atoms with Crippen LogP contribution in [0.4, 0.5) is 0 Å². The Morgan fingerprint density at radius 1 is 0.409 bits per heavy atom. The number of benzene rings is 5. The summed E-state index contributed by atoms with van der Waals surface area (Å²) in [6, 6.07) is 30.7. The molecule has 0 nitrogen and oxygen atoms in total. The predicted octanol–water partition coefficient (Wildman–Crippen LogP) is 6.25. The number of hydrogen-bond donors (Lipinski definition) is 0. The fourth-order valence-electron chi connectivity index (χ4n) is 3.60. The standard InChI is InChI=1S/C22H14/c1-2-5-15(6-3-1)19-13-11-18-10-9-16-7-4-8-17-12-14-20(19)22(18)21(16)17/h1-14H. The van der Waals surface area contributed by atoms with Gasteiger partial charge in [-0.05, 0) is 43.4 Å². The normalized spacial score (nSPS) is 11.6. The Balaban J connectivity index is 2.02. The van der Waals surface area contributed by atoms with E-state index in [2.05, 4.69) is 84.9 Å². The van der Waals surface area contributed by atoms with Crippen molar-refractivity contribution in [2.75, 3.05) is 0 Å². The van der Waals surface area contributed by atoms with Crippen molar-refractivity contribution in [3.8, 4) is 11.1 Å². The van der Waals surface area contributed by atoms with Gasteiger partial charge in [-0.1, -0.05) is 84.9 Å². The van der Waals surface area contributed by atoms with Crippen LogP contribution in [0.25, 0.3) is 43.4 Å². The van der Waals surface area contributed by atoms with Crippen molar-refractivity contribution in [2.45, 2.75) is 0 Å². The van der Waals surface area contributed by atoms with Gasteiger partial charge in [0.1, 0.15) is 0 Å². The first-order valence-electron chi connectivity index (χ1n) is 7.64. The second kappa shape index (κ2) is 4.32. The van der Waals surface area contributed by atoms with Gasteiger partial charge in [-0.25, -0.2) is 0 Å². The van der Waals surface area contributed by atoms with Gasteiger partial charge >= 0.3 is 0 Å². The van der Waals surface area contributed by atoms with Crippen molar-refractivity contribution in [1.29, 1.82) is 0 Å². The quantitative estimate of drug-likeness (QED) is 0.318. The van der Waals surface area contributed by atoms with Crippen LogP contribution in [-0.4, -0.2) is 0 Å². The molecular weight excluding hydrogens is 264 g/mol. The lowest BCUT2D eigenvalue weighted by molar-refractivity contribution is 1.66. The second-order valence-electron chi connectivity index (χ2n) is 5.84. The second-order valence-corrected chi connectivity index (χ2v) is 5.84. The predicted molar refractivity (Wildman–Crippen MR) is 95.6 cm³/mol. The Morgan fingerprint density at radius 2 is 1.05 bits per heavy atom. The average molecular weight is 278 g/mol. The largest absolute Gasteiger partial charge is 0.0622 e. The Kier molecular flexibility index (Phi) is 2.31. The minimum atomic E-state index is 1.28. The SMILES string of the molecule is c1ccc(-c2ccc3ccc4cccc5ccc2c3c45)cc1. The molecule has 5 aromatic rings. The first-order valence-corrected chi connectivity index (χ1v) is 7.64. The molecule has 0 bridgehead atoms. The molecule has 0 fully saturated rings. The summed E-state index contributed by atoms with van der Waals surface area (Å²) in [4.78, 5) is 0. The zero-order chi connectivity index (χ0) is 14.5. The van der Waals surface area contributed by atoms with Crippen LogP contribution in [0.2, 0.25) is 0 Å². The number of rotatable bonds is 1. The van der Waals surface area contributed by atoms with Gasteiger partial charge in [-0.2, -0.15) is 0 Å². The fourth-order valence-corrected chi connectivity index (χ4v) is 3.60. The van der Waals surface area contributed by atoms with Crippen LogP contribution in [-0.2, 0) is 0 Å². The van der Waals surface area contributed by atoms with E-state index in [1.807, 2.05) is 0 Å². The molecule has 0 heteroatoms. The lowest BCUT2D eigenvalue weighted by Crippen LogP contribution is -1.86. The van der Waals surface area contributed by atoms with Crippen molar-refractivity contribution < 1.29 is 0 Å². The maximum absolute atomic E-state index is 2.27. The minimum absolute atomic E-state index is 1.28. The molecule has 0 aromatic heterocycles. The summed E-state index contributed by atoms with van der Waals surface area (Å²) in [5.41, 5.74) is 2.59. The monoisotopic (exact) mass is 278 g/mol. The molecule has 22 heavy (non-hydrogen) atoms. The molecule has 0 aliphatic rings. The van der Waals surface area contributed by atoms with Gasteiger partial charge in [0.05, 0.1) is 0 Å². The van der Waals surface area contributed by atoms with E-state index in [1.54, 1.807) is 0 Å². The molecule has 102 valence electrons. The van der Waals surface area contributed by atoms with Crippen LogP contribution in [0.1, 0.15) is 0 Å². The minimum Gasteiger partial charge on any atom is -0.0622 e. The van der Waals surface area contributed by atoms with E-state index in [0.717, 1.165) is 0 Å². The van der Waals surface area contributed by atoms with Crippen LogP contribution in [0, 0.1) is 0 Å². The van der Waals surface area contributed by atoms with Gasteiger partial charge < -0.3 is 0 Å². The van der Waals surface area contributed by atoms with Crippen molar-refractivity contribution in [3.05, 3.63) is 84.9 Å². The van der Waals surface area contributed by atoms with Gasteiger partial charge in [-0.3, -0.25) is 0 Å². The Bertz CT molecular complexity index is 1090. The molecule has 0 heterocycles. The van der Waals surface area contributed by atoms with Gasteiger partial charge in [0, 0.05) is 0 Å². The highest BCUT2D eigenvalue weighted by atomic mass is 14.1. The van der Waals surface area contributed by atoms with E-state index in [4.69, 9.17) is 0 Å². The Hall–Kier alpha value is -2.86. The number of hydrogen-bond acceptors (Lipinski definition) is 0. The maximum atomic E-state index is 2.27. The molecule has 0 amide bonds. The third-order valence-electron chi connectivity index (χ3n) is 4.61. The van der Waals surface area contributed by atoms with Crippen molar-refractivity contribution in [2.24, 2.45) is 0 Å². The van der Waals surface area contributed by atoms with E-state index < -0.39 is 0 Å². The molecule has 0 spiro atoms. The molecule has 0 N–H and O–H groups in total. The smallest absolute Gasteiger partial charge is 0.00206 e. The average Bonchev–Trinajstić information content (AvgIpc) is 2.60. The zero-order valence-corrected chi connectivity index (χ0v) is 12.1. The van der Waals surface area contributed by atoms with Crippen molar-refractivity contribution >= 4 is 32.3 Å². The zero-order valence-electron chi connectivity index (χ0n) is 12.1. The first kappa shape index (κ1) is 11.8. The van der Waals surface area contributed by atoms with Gasteiger partial charge in [0.2, 0.25) is 0 Å². The van der Waals surface area contributed by atoms with Crippen LogP contribution >= 0.6 is 0 Å². The van der Waals surface area contributed by atoms with E-state index >= 15 is 0 Å². The molecule has 0 saturated carbocycles. The lowest BCUT2D eigenvalue weighted by Gasteiger charge is -2.14. The molecule has 0 aliphatic carbocycles. The molecule has 5 aromatic carbocycles. The van der Waals surface area contributed by atoms with E-state index in [9.17, 15) is 0 Å². The highest BCUT2D eigenvalue weighted by Crippen LogP contribution is 2.38. The fraction of sp³-hybridized carbons (Fsp3) is 0. The Labute approximate surface area is 129 Å². The van der Waals surface area contributed by atoms with Crippen LogP contribution in [0.3, 0.4) is 0 Å². The molecule has 0 unspecified atom stereocenters. The third-order valence-corrected chi connectivity index (χ3v) is 4.61. The van der Waals surface area contributed by atoms with Crippen molar-refractivity contribution in [1.82, 2.24) is 0 Å². The highest BCUT2D eigenvalue weighted by molar-refractivity contribution is 6.25. The highest BCUT2D eigenvalue weighted by Gasteiger charge is 2.11. The Morgan fingerprint density at radius 3 is 1.82 bits per heavy atom. The van der Waals surface area contributed by atoms with Gasteiger partial charge in [-0.15, -0.1) is 0 Å². The van der Waals surface area contributed by atoms with Gasteiger partial charge in [0.25, 0.3) is 0 Å². The van der Waals surface area contributed by atoms with Crippen LogP contribution < -0.4 is 0 Å². The van der Waals surface area contributed by atoms with E-state index in [0.29, 0.717) is 0 Å². The van der Waals surface area contributed by atoms with Crippen LogP contribution in [0.15, 0.2) is 84.9 Å². The maximum Gasteiger partial charge on any atom is -0.00206 e. The molecular formula is C22H14. The van der Waals surface area contributed by atoms with E-state index in [-0.39, 0.29) is 0 Å². The summed E-state index contributed by atoms with van der Waals surface area (Å²) in [6.07, 6.45) is 0. The molecule has 0 aliphatic heterocycles. The van der Waals surface area contributed by atoms with E-state index in [1.165, 1.54) is 43.4 Å². The molecule has 0 atom stereocenters. The van der Waals surface area contributed by atoms with Gasteiger partial charge in [0.15, 0.2) is 0 Å². The topological polar surface area (TPSA) is 0 Å². The van der Waals surface area contributed by atoms with Crippen molar-refractivity contribution in [3.63, 3.8) is 0 Å². The molecule has 0 radical (unpaired) electrons. The molecule has 5 rings (SSSR count).